The molecule has 1 atom stereocenters. The second-order valence-electron chi connectivity index (χ2n) is 6.34. The molecule has 0 saturated carbocycles. The molecule has 1 fully saturated rings. The summed E-state index contributed by atoms with van der Waals surface area (Å²) in [5.74, 6) is 0.171. The zero-order chi connectivity index (χ0) is 16.3. The van der Waals surface area contributed by atoms with Gasteiger partial charge in [0, 0.05) is 25.1 Å². The van der Waals surface area contributed by atoms with Crippen molar-refractivity contribution in [2.75, 3.05) is 19.7 Å². The fourth-order valence-corrected chi connectivity index (χ4v) is 2.49. The Balaban J connectivity index is 1.81. The Labute approximate surface area is 137 Å². The van der Waals surface area contributed by atoms with Crippen LogP contribution in [-0.2, 0) is 4.74 Å². The maximum absolute atomic E-state index is 13.0. The van der Waals surface area contributed by atoms with E-state index in [0.29, 0.717) is 25.4 Å². The van der Waals surface area contributed by atoms with Crippen molar-refractivity contribution in [1.29, 1.82) is 0 Å². The molecular formula is C15H20BrFN2O3. The summed E-state index contributed by atoms with van der Waals surface area (Å²) in [6.45, 7) is 7.26. The van der Waals surface area contributed by atoms with Crippen molar-refractivity contribution in [3.8, 4) is 5.75 Å². The lowest BCUT2D eigenvalue weighted by Gasteiger charge is -2.24. The molecule has 0 radical (unpaired) electrons. The smallest absolute Gasteiger partial charge is 0.410 e. The maximum atomic E-state index is 13.0. The molecule has 1 aromatic heterocycles. The van der Waals surface area contributed by atoms with Crippen LogP contribution in [0.1, 0.15) is 27.2 Å². The normalized spacial score (nSPS) is 18.4. The number of carbonyl (C=O) groups excluding carboxylic acids is 1. The number of likely N-dealkylation sites (tertiary alicyclic amines) is 1. The molecule has 0 aromatic carbocycles. The van der Waals surface area contributed by atoms with E-state index in [9.17, 15) is 9.18 Å². The Hall–Kier alpha value is -1.37. The van der Waals surface area contributed by atoms with E-state index in [0.717, 1.165) is 6.42 Å². The highest BCUT2D eigenvalue weighted by molar-refractivity contribution is 9.10. The molecule has 2 rings (SSSR count). The number of carbonyl (C=O) groups is 1. The highest BCUT2D eigenvalue weighted by atomic mass is 79.9. The molecule has 22 heavy (non-hydrogen) atoms. The van der Waals surface area contributed by atoms with Gasteiger partial charge in [0.25, 0.3) is 0 Å². The van der Waals surface area contributed by atoms with Crippen LogP contribution in [0.25, 0.3) is 0 Å². The predicted molar refractivity (Wildman–Crippen MR) is 83.3 cm³/mol. The highest BCUT2D eigenvalue weighted by Gasteiger charge is 2.30. The molecule has 122 valence electrons. The van der Waals surface area contributed by atoms with Crippen LogP contribution in [0.5, 0.6) is 5.75 Å². The number of hydrogen-bond donors (Lipinski definition) is 0. The van der Waals surface area contributed by atoms with Crippen LogP contribution in [0, 0.1) is 11.9 Å². The van der Waals surface area contributed by atoms with Gasteiger partial charge in [-0.05, 0) is 43.1 Å². The third kappa shape index (κ3) is 4.83. The van der Waals surface area contributed by atoms with E-state index in [1.54, 1.807) is 11.0 Å². The SMILES string of the molecule is CC(C)(C)OC(=O)N1CC[C@H](COc2cnc(F)c(Br)c2)C1. The minimum atomic E-state index is -0.565. The first-order valence-corrected chi connectivity index (χ1v) is 7.95. The molecule has 0 aliphatic carbocycles. The number of ether oxygens (including phenoxy) is 2. The topological polar surface area (TPSA) is 51.7 Å². The van der Waals surface area contributed by atoms with Gasteiger partial charge in [0.15, 0.2) is 0 Å². The summed E-state index contributed by atoms with van der Waals surface area (Å²) in [7, 11) is 0. The number of pyridine rings is 1. The van der Waals surface area contributed by atoms with Crippen LogP contribution in [-0.4, -0.2) is 41.3 Å². The summed E-state index contributed by atoms with van der Waals surface area (Å²) < 4.78 is 24.3. The van der Waals surface area contributed by atoms with Crippen LogP contribution in [0.3, 0.4) is 0 Å². The van der Waals surface area contributed by atoms with Gasteiger partial charge in [-0.25, -0.2) is 9.78 Å². The van der Waals surface area contributed by atoms with Crippen molar-refractivity contribution < 1.29 is 18.7 Å². The molecule has 1 aromatic rings. The summed E-state index contributed by atoms with van der Waals surface area (Å²) >= 11 is 3.07. The number of amides is 1. The molecule has 1 amide bonds. The predicted octanol–water partition coefficient (Wildman–Crippen LogP) is 3.62. The lowest BCUT2D eigenvalue weighted by atomic mass is 10.1. The van der Waals surface area contributed by atoms with Gasteiger partial charge in [0.1, 0.15) is 11.4 Å². The van der Waals surface area contributed by atoms with E-state index in [4.69, 9.17) is 9.47 Å². The molecule has 0 bridgehead atoms. The molecule has 0 N–H and O–H groups in total. The Bertz CT molecular complexity index is 548. The Morgan fingerprint density at radius 2 is 2.27 bits per heavy atom. The van der Waals surface area contributed by atoms with Crippen molar-refractivity contribution in [2.45, 2.75) is 32.8 Å². The molecule has 0 spiro atoms. The van der Waals surface area contributed by atoms with E-state index in [1.807, 2.05) is 20.8 Å². The molecule has 1 aliphatic heterocycles. The molecule has 0 unspecified atom stereocenters. The zero-order valence-electron chi connectivity index (χ0n) is 12.9. The fraction of sp³-hybridized carbons (Fsp3) is 0.600. The first-order chi connectivity index (χ1) is 10.2. The van der Waals surface area contributed by atoms with Crippen LogP contribution in [0.15, 0.2) is 16.7 Å². The van der Waals surface area contributed by atoms with Crippen LogP contribution in [0.4, 0.5) is 9.18 Å². The molecule has 5 nitrogen and oxygen atoms in total. The van der Waals surface area contributed by atoms with E-state index in [-0.39, 0.29) is 16.5 Å². The number of aromatic nitrogens is 1. The largest absolute Gasteiger partial charge is 0.492 e. The van der Waals surface area contributed by atoms with Crippen molar-refractivity contribution in [3.63, 3.8) is 0 Å². The second-order valence-corrected chi connectivity index (χ2v) is 7.19. The lowest BCUT2D eigenvalue weighted by Crippen LogP contribution is -2.35. The minimum Gasteiger partial charge on any atom is -0.492 e. The number of hydrogen-bond acceptors (Lipinski definition) is 4. The van der Waals surface area contributed by atoms with Crippen molar-refractivity contribution in [3.05, 3.63) is 22.7 Å². The molecule has 1 aliphatic rings. The van der Waals surface area contributed by atoms with Crippen molar-refractivity contribution in [2.24, 2.45) is 5.92 Å². The quantitative estimate of drug-likeness (QED) is 0.758. The van der Waals surface area contributed by atoms with Gasteiger partial charge >= 0.3 is 6.09 Å². The Morgan fingerprint density at radius 1 is 1.55 bits per heavy atom. The van der Waals surface area contributed by atoms with Crippen LogP contribution >= 0.6 is 15.9 Å². The van der Waals surface area contributed by atoms with Crippen molar-refractivity contribution >= 4 is 22.0 Å². The maximum Gasteiger partial charge on any atom is 0.410 e. The van der Waals surface area contributed by atoms with Crippen molar-refractivity contribution in [1.82, 2.24) is 9.88 Å². The van der Waals surface area contributed by atoms with Gasteiger partial charge in [0.2, 0.25) is 5.95 Å². The van der Waals surface area contributed by atoms with Gasteiger partial charge in [0.05, 0.1) is 17.3 Å². The van der Waals surface area contributed by atoms with Crippen LogP contribution in [0.2, 0.25) is 0 Å². The van der Waals surface area contributed by atoms with Gasteiger partial charge in [-0.15, -0.1) is 0 Å². The highest BCUT2D eigenvalue weighted by Crippen LogP contribution is 2.23. The average Bonchev–Trinajstić information content (AvgIpc) is 2.87. The molecular weight excluding hydrogens is 355 g/mol. The first kappa shape index (κ1) is 17.0. The molecule has 1 saturated heterocycles. The first-order valence-electron chi connectivity index (χ1n) is 7.16. The summed E-state index contributed by atoms with van der Waals surface area (Å²) in [4.78, 5) is 17.2. The monoisotopic (exact) mass is 374 g/mol. The van der Waals surface area contributed by atoms with Gasteiger partial charge < -0.3 is 14.4 Å². The standard InChI is InChI=1S/C15H20BrFN2O3/c1-15(2,3)22-14(20)19-5-4-10(8-19)9-21-11-6-12(16)13(17)18-7-11/h6-7,10H,4-5,8-9H2,1-3H3/t10-/m0/s1. The van der Waals surface area contributed by atoms with Crippen LogP contribution < -0.4 is 4.74 Å². The van der Waals surface area contributed by atoms with Gasteiger partial charge in [-0.1, -0.05) is 0 Å². The van der Waals surface area contributed by atoms with E-state index < -0.39 is 11.5 Å². The fourth-order valence-electron chi connectivity index (χ4n) is 2.16. The van der Waals surface area contributed by atoms with Gasteiger partial charge in [-0.2, -0.15) is 4.39 Å². The summed E-state index contributed by atoms with van der Waals surface area (Å²) in [5, 5.41) is 0. The second kappa shape index (κ2) is 6.81. The number of halogens is 2. The number of nitrogens with zero attached hydrogens (tertiary/aromatic N) is 2. The Morgan fingerprint density at radius 3 is 2.91 bits per heavy atom. The zero-order valence-corrected chi connectivity index (χ0v) is 14.5. The Kier molecular flexibility index (Phi) is 5.26. The number of rotatable bonds is 3. The molecule has 2 heterocycles. The minimum absolute atomic E-state index is 0.233. The molecule has 7 heteroatoms. The summed E-state index contributed by atoms with van der Waals surface area (Å²) in [6, 6.07) is 1.54. The average molecular weight is 375 g/mol. The van der Waals surface area contributed by atoms with E-state index in [1.165, 1.54) is 6.20 Å². The van der Waals surface area contributed by atoms with E-state index >= 15 is 0 Å². The third-order valence-electron chi connectivity index (χ3n) is 3.19. The lowest BCUT2D eigenvalue weighted by molar-refractivity contribution is 0.0285. The summed E-state index contributed by atoms with van der Waals surface area (Å²) in [5.41, 5.74) is -0.488. The summed E-state index contributed by atoms with van der Waals surface area (Å²) in [6.07, 6.45) is 1.91. The third-order valence-corrected chi connectivity index (χ3v) is 3.75. The van der Waals surface area contributed by atoms with E-state index in [2.05, 4.69) is 20.9 Å². The van der Waals surface area contributed by atoms with Gasteiger partial charge in [-0.3, -0.25) is 0 Å².